The maximum absolute atomic E-state index is 12.6. The molecule has 0 spiro atoms. The first-order valence-corrected chi connectivity index (χ1v) is 9.04. The number of rotatable bonds is 6. The van der Waals surface area contributed by atoms with Gasteiger partial charge in [-0.05, 0) is 24.6 Å². The molecule has 0 atom stereocenters. The molecule has 6 nitrogen and oxygen atoms in total. The largest absolute Gasteiger partial charge is 0.434 e. The van der Waals surface area contributed by atoms with Gasteiger partial charge in [0.25, 0.3) is 5.91 Å². The second kappa shape index (κ2) is 9.36. The number of halogens is 3. The SMILES string of the molecule is CCNC(=O)c1cccc(CNC(=NC)NCc2nc(C(F)(F)F)cs2)c1. The van der Waals surface area contributed by atoms with Gasteiger partial charge in [0.15, 0.2) is 11.7 Å². The number of aliphatic imine (C=N–C) groups is 1. The van der Waals surface area contributed by atoms with E-state index in [1.54, 1.807) is 25.2 Å². The fourth-order valence-corrected chi connectivity index (χ4v) is 2.91. The molecule has 27 heavy (non-hydrogen) atoms. The third-order valence-corrected chi connectivity index (χ3v) is 4.31. The number of aromatic nitrogens is 1. The molecule has 10 heteroatoms. The van der Waals surface area contributed by atoms with E-state index in [2.05, 4.69) is 25.9 Å². The van der Waals surface area contributed by atoms with Crippen molar-refractivity contribution in [3.8, 4) is 0 Å². The average molecular weight is 399 g/mol. The minimum Gasteiger partial charge on any atom is -0.352 e. The summed E-state index contributed by atoms with van der Waals surface area (Å²) in [5.74, 6) is 0.272. The molecule has 0 unspecified atom stereocenters. The normalized spacial score (nSPS) is 12.0. The molecule has 0 aliphatic heterocycles. The van der Waals surface area contributed by atoms with Crippen LogP contribution in [0.3, 0.4) is 0 Å². The maximum atomic E-state index is 12.6. The Hall–Kier alpha value is -2.62. The summed E-state index contributed by atoms with van der Waals surface area (Å²) < 4.78 is 37.7. The van der Waals surface area contributed by atoms with Crippen molar-refractivity contribution >= 4 is 23.2 Å². The molecule has 1 heterocycles. The number of carbonyl (C=O) groups is 1. The minimum atomic E-state index is -4.44. The summed E-state index contributed by atoms with van der Waals surface area (Å²) >= 11 is 0.932. The van der Waals surface area contributed by atoms with Crippen LogP contribution in [-0.4, -0.2) is 30.4 Å². The number of nitrogens with one attached hydrogen (secondary N) is 3. The van der Waals surface area contributed by atoms with Crippen LogP contribution in [0.5, 0.6) is 0 Å². The zero-order chi connectivity index (χ0) is 19.9. The molecule has 2 rings (SSSR count). The molecule has 0 aliphatic rings. The Labute approximate surface area is 158 Å². The molecule has 0 fully saturated rings. The Bertz CT molecular complexity index is 804. The lowest BCUT2D eigenvalue weighted by Crippen LogP contribution is -2.36. The number of benzene rings is 1. The van der Waals surface area contributed by atoms with Gasteiger partial charge in [0.2, 0.25) is 0 Å². The van der Waals surface area contributed by atoms with Gasteiger partial charge in [-0.1, -0.05) is 12.1 Å². The lowest BCUT2D eigenvalue weighted by atomic mass is 10.1. The number of nitrogens with zero attached hydrogens (tertiary/aromatic N) is 2. The third kappa shape index (κ3) is 6.24. The molecule has 3 N–H and O–H groups in total. The van der Waals surface area contributed by atoms with Gasteiger partial charge in [-0.25, -0.2) is 4.98 Å². The Morgan fingerprint density at radius 1 is 1.22 bits per heavy atom. The van der Waals surface area contributed by atoms with E-state index >= 15 is 0 Å². The van der Waals surface area contributed by atoms with Crippen molar-refractivity contribution in [3.05, 3.63) is 51.5 Å². The summed E-state index contributed by atoms with van der Waals surface area (Å²) in [7, 11) is 1.56. The van der Waals surface area contributed by atoms with Gasteiger partial charge < -0.3 is 16.0 Å². The molecular formula is C17H20F3N5OS. The number of alkyl halides is 3. The lowest BCUT2D eigenvalue weighted by molar-refractivity contribution is -0.140. The van der Waals surface area contributed by atoms with Crippen LogP contribution in [0.25, 0.3) is 0 Å². The predicted octanol–water partition coefficient (Wildman–Crippen LogP) is 2.78. The molecule has 0 radical (unpaired) electrons. The van der Waals surface area contributed by atoms with Crippen molar-refractivity contribution in [1.29, 1.82) is 0 Å². The minimum absolute atomic E-state index is 0.124. The molecule has 1 aromatic carbocycles. The summed E-state index contributed by atoms with van der Waals surface area (Å²) in [5, 5.41) is 10.0. The molecule has 2 aromatic rings. The smallest absolute Gasteiger partial charge is 0.352 e. The summed E-state index contributed by atoms with van der Waals surface area (Å²) in [5.41, 5.74) is 0.534. The quantitative estimate of drug-likeness (QED) is 0.516. The number of thiazole rings is 1. The predicted molar refractivity (Wildman–Crippen MR) is 98.6 cm³/mol. The van der Waals surface area contributed by atoms with Crippen LogP contribution in [0.2, 0.25) is 0 Å². The Morgan fingerprint density at radius 2 is 1.96 bits per heavy atom. The van der Waals surface area contributed by atoms with Crippen LogP contribution in [0.1, 0.15) is 33.5 Å². The molecule has 1 aromatic heterocycles. The highest BCUT2D eigenvalue weighted by Crippen LogP contribution is 2.29. The van der Waals surface area contributed by atoms with E-state index in [-0.39, 0.29) is 12.5 Å². The maximum Gasteiger partial charge on any atom is 0.434 e. The van der Waals surface area contributed by atoms with Gasteiger partial charge in [-0.2, -0.15) is 13.2 Å². The number of carbonyl (C=O) groups excluding carboxylic acids is 1. The Kier molecular flexibility index (Phi) is 7.17. The van der Waals surface area contributed by atoms with Crippen LogP contribution in [0.15, 0.2) is 34.6 Å². The second-order valence-corrected chi connectivity index (χ2v) is 6.41. The zero-order valence-electron chi connectivity index (χ0n) is 14.9. The molecule has 0 bridgehead atoms. The van der Waals surface area contributed by atoms with Gasteiger partial charge in [0.05, 0.1) is 6.54 Å². The number of hydrogen-bond acceptors (Lipinski definition) is 4. The molecule has 0 saturated heterocycles. The first-order chi connectivity index (χ1) is 12.8. The number of guanidine groups is 1. The van der Waals surface area contributed by atoms with Crippen molar-refractivity contribution in [2.75, 3.05) is 13.6 Å². The number of hydrogen-bond donors (Lipinski definition) is 3. The molecule has 0 saturated carbocycles. The van der Waals surface area contributed by atoms with Crippen molar-refractivity contribution in [3.63, 3.8) is 0 Å². The van der Waals surface area contributed by atoms with E-state index in [9.17, 15) is 18.0 Å². The first-order valence-electron chi connectivity index (χ1n) is 8.16. The summed E-state index contributed by atoms with van der Waals surface area (Å²) in [6.07, 6.45) is -4.44. The second-order valence-electron chi connectivity index (χ2n) is 5.46. The van der Waals surface area contributed by atoms with Gasteiger partial charge in [0.1, 0.15) is 5.01 Å². The Morgan fingerprint density at radius 3 is 2.59 bits per heavy atom. The summed E-state index contributed by atoms with van der Waals surface area (Å²) in [6.45, 7) is 2.92. The zero-order valence-corrected chi connectivity index (χ0v) is 15.7. The molecular weight excluding hydrogens is 379 g/mol. The lowest BCUT2D eigenvalue weighted by Gasteiger charge is -2.11. The topological polar surface area (TPSA) is 78.4 Å². The van der Waals surface area contributed by atoms with Gasteiger partial charge in [-0.3, -0.25) is 9.79 Å². The fourth-order valence-electron chi connectivity index (χ4n) is 2.17. The van der Waals surface area contributed by atoms with Gasteiger partial charge in [0, 0.05) is 31.1 Å². The van der Waals surface area contributed by atoms with E-state index in [1.165, 1.54) is 0 Å². The Balaban J connectivity index is 1.90. The highest BCUT2D eigenvalue weighted by atomic mass is 32.1. The molecule has 146 valence electrons. The van der Waals surface area contributed by atoms with E-state index in [0.717, 1.165) is 22.3 Å². The van der Waals surface area contributed by atoms with E-state index in [0.29, 0.717) is 29.6 Å². The molecule has 0 aliphatic carbocycles. The van der Waals surface area contributed by atoms with Gasteiger partial charge >= 0.3 is 6.18 Å². The average Bonchev–Trinajstić information content (AvgIpc) is 3.12. The summed E-state index contributed by atoms with van der Waals surface area (Å²) in [4.78, 5) is 19.5. The van der Waals surface area contributed by atoms with E-state index in [1.807, 2.05) is 13.0 Å². The summed E-state index contributed by atoms with van der Waals surface area (Å²) in [6, 6.07) is 7.13. The highest BCUT2D eigenvalue weighted by molar-refractivity contribution is 7.09. The van der Waals surface area contributed by atoms with Crippen molar-refractivity contribution in [1.82, 2.24) is 20.9 Å². The van der Waals surface area contributed by atoms with Crippen LogP contribution < -0.4 is 16.0 Å². The number of amides is 1. The van der Waals surface area contributed by atoms with Crippen LogP contribution in [0.4, 0.5) is 13.2 Å². The van der Waals surface area contributed by atoms with E-state index < -0.39 is 11.9 Å². The third-order valence-electron chi connectivity index (χ3n) is 3.46. The van der Waals surface area contributed by atoms with Crippen molar-refractivity contribution in [2.45, 2.75) is 26.2 Å². The molecule has 1 amide bonds. The van der Waals surface area contributed by atoms with Crippen molar-refractivity contribution < 1.29 is 18.0 Å². The standard InChI is InChI=1S/C17H20F3N5OS/c1-3-22-15(26)12-6-4-5-11(7-12)8-23-16(21-2)24-9-14-25-13(10-27-14)17(18,19)20/h4-7,10H,3,8-9H2,1-2H3,(H,22,26)(H2,21,23,24). The van der Waals surface area contributed by atoms with Crippen LogP contribution >= 0.6 is 11.3 Å². The van der Waals surface area contributed by atoms with Gasteiger partial charge in [-0.15, -0.1) is 11.3 Å². The fraction of sp³-hybridized carbons (Fsp3) is 0.353. The first kappa shape index (κ1) is 20.7. The van der Waals surface area contributed by atoms with Crippen LogP contribution in [0, 0.1) is 0 Å². The van der Waals surface area contributed by atoms with Crippen molar-refractivity contribution in [2.24, 2.45) is 4.99 Å². The highest BCUT2D eigenvalue weighted by Gasteiger charge is 2.33. The van der Waals surface area contributed by atoms with E-state index in [4.69, 9.17) is 0 Å². The van der Waals surface area contributed by atoms with Crippen LogP contribution in [-0.2, 0) is 19.3 Å². The monoisotopic (exact) mass is 399 g/mol.